The standard InChI is InChI=1S/C7H11IO2/c1-3-6(5-8)7(9)10-4-2/h3,6H,1,4-5H2,2H3. The normalized spacial score (nSPS) is 12.2. The fourth-order valence-electron chi connectivity index (χ4n) is 0.472. The zero-order valence-corrected chi connectivity index (χ0v) is 8.13. The van der Waals surface area contributed by atoms with E-state index in [1.807, 2.05) is 0 Å². The summed E-state index contributed by atoms with van der Waals surface area (Å²) in [4.78, 5) is 10.9. The Morgan fingerprint density at radius 2 is 2.50 bits per heavy atom. The van der Waals surface area contributed by atoms with Crippen LogP contribution in [0.25, 0.3) is 0 Å². The van der Waals surface area contributed by atoms with E-state index in [0.29, 0.717) is 6.61 Å². The zero-order valence-electron chi connectivity index (χ0n) is 5.97. The van der Waals surface area contributed by atoms with Crippen LogP contribution in [-0.2, 0) is 9.53 Å². The van der Waals surface area contributed by atoms with Crippen molar-refractivity contribution in [3.05, 3.63) is 12.7 Å². The zero-order chi connectivity index (χ0) is 7.98. The number of esters is 1. The molecule has 0 aliphatic rings. The molecule has 0 aromatic heterocycles. The first-order chi connectivity index (χ1) is 4.76. The van der Waals surface area contributed by atoms with Crippen LogP contribution in [0.1, 0.15) is 6.92 Å². The Hall–Kier alpha value is -0.0600. The molecule has 0 aromatic rings. The maximum Gasteiger partial charge on any atom is 0.313 e. The van der Waals surface area contributed by atoms with Gasteiger partial charge in [-0.15, -0.1) is 6.58 Å². The number of hydrogen-bond acceptors (Lipinski definition) is 2. The van der Waals surface area contributed by atoms with Crippen LogP contribution in [0.4, 0.5) is 0 Å². The summed E-state index contributed by atoms with van der Waals surface area (Å²) in [6.45, 7) is 5.77. The van der Waals surface area contributed by atoms with Crippen molar-refractivity contribution in [2.45, 2.75) is 6.92 Å². The van der Waals surface area contributed by atoms with Gasteiger partial charge in [0.25, 0.3) is 0 Å². The second-order valence-electron chi connectivity index (χ2n) is 1.75. The van der Waals surface area contributed by atoms with Gasteiger partial charge in [0.2, 0.25) is 0 Å². The summed E-state index contributed by atoms with van der Waals surface area (Å²) in [5.41, 5.74) is 0. The van der Waals surface area contributed by atoms with Gasteiger partial charge >= 0.3 is 5.97 Å². The van der Waals surface area contributed by atoms with Crippen LogP contribution >= 0.6 is 22.6 Å². The number of carbonyl (C=O) groups excluding carboxylic acids is 1. The van der Waals surface area contributed by atoms with Gasteiger partial charge in [0, 0.05) is 4.43 Å². The van der Waals surface area contributed by atoms with E-state index in [0.717, 1.165) is 4.43 Å². The first kappa shape index (κ1) is 9.94. The molecule has 0 spiro atoms. The van der Waals surface area contributed by atoms with Crippen LogP contribution in [0.15, 0.2) is 12.7 Å². The van der Waals surface area contributed by atoms with E-state index in [-0.39, 0.29) is 11.9 Å². The van der Waals surface area contributed by atoms with E-state index in [9.17, 15) is 4.79 Å². The van der Waals surface area contributed by atoms with E-state index < -0.39 is 0 Å². The van der Waals surface area contributed by atoms with Crippen molar-refractivity contribution in [2.75, 3.05) is 11.0 Å². The predicted molar refractivity (Wildman–Crippen MR) is 49.2 cm³/mol. The molecule has 0 saturated carbocycles. The van der Waals surface area contributed by atoms with Crippen molar-refractivity contribution >= 4 is 28.6 Å². The minimum atomic E-state index is -0.174. The van der Waals surface area contributed by atoms with Crippen molar-refractivity contribution in [3.63, 3.8) is 0 Å². The van der Waals surface area contributed by atoms with Crippen molar-refractivity contribution in [2.24, 2.45) is 5.92 Å². The quantitative estimate of drug-likeness (QED) is 0.331. The molecule has 0 amide bonds. The summed E-state index contributed by atoms with van der Waals surface area (Å²) in [5, 5.41) is 0. The fourth-order valence-corrected chi connectivity index (χ4v) is 1.19. The molecule has 2 nitrogen and oxygen atoms in total. The predicted octanol–water partition coefficient (Wildman–Crippen LogP) is 1.79. The SMILES string of the molecule is C=CC(CI)C(=O)OCC. The van der Waals surface area contributed by atoms with Gasteiger partial charge in [0.05, 0.1) is 12.5 Å². The molecular formula is C7H11IO2. The molecule has 0 radical (unpaired) electrons. The van der Waals surface area contributed by atoms with E-state index in [1.165, 1.54) is 0 Å². The lowest BCUT2D eigenvalue weighted by Crippen LogP contribution is -2.16. The molecular weight excluding hydrogens is 243 g/mol. The van der Waals surface area contributed by atoms with E-state index in [1.54, 1.807) is 13.0 Å². The highest BCUT2D eigenvalue weighted by atomic mass is 127. The molecule has 0 aliphatic heterocycles. The Labute approximate surface area is 74.8 Å². The highest BCUT2D eigenvalue weighted by Crippen LogP contribution is 2.04. The molecule has 0 heterocycles. The number of hydrogen-bond donors (Lipinski definition) is 0. The average Bonchev–Trinajstić information content (AvgIpc) is 1.91. The van der Waals surface area contributed by atoms with E-state index in [4.69, 9.17) is 4.74 Å². The monoisotopic (exact) mass is 254 g/mol. The smallest absolute Gasteiger partial charge is 0.313 e. The lowest BCUT2D eigenvalue weighted by molar-refractivity contribution is -0.145. The van der Waals surface area contributed by atoms with Gasteiger partial charge in [0.1, 0.15) is 0 Å². The fraction of sp³-hybridized carbons (Fsp3) is 0.571. The first-order valence-corrected chi connectivity index (χ1v) is 4.64. The van der Waals surface area contributed by atoms with Crippen molar-refractivity contribution in [1.82, 2.24) is 0 Å². The Bertz CT molecular complexity index is 123. The largest absolute Gasteiger partial charge is 0.466 e. The third-order valence-electron chi connectivity index (χ3n) is 1.04. The summed E-state index contributed by atoms with van der Waals surface area (Å²) in [6.07, 6.45) is 1.62. The van der Waals surface area contributed by atoms with Crippen molar-refractivity contribution in [3.8, 4) is 0 Å². The molecule has 0 N–H and O–H groups in total. The Morgan fingerprint density at radius 3 is 2.80 bits per heavy atom. The summed E-state index contributed by atoms with van der Waals surface area (Å²) >= 11 is 2.13. The van der Waals surface area contributed by atoms with Gasteiger partial charge in [-0.1, -0.05) is 28.7 Å². The number of carbonyl (C=O) groups is 1. The molecule has 58 valence electrons. The maximum absolute atomic E-state index is 10.9. The molecule has 0 aliphatic carbocycles. The summed E-state index contributed by atoms with van der Waals surface area (Å²) in [6, 6.07) is 0. The Morgan fingerprint density at radius 1 is 1.90 bits per heavy atom. The minimum absolute atomic E-state index is 0.138. The topological polar surface area (TPSA) is 26.3 Å². The van der Waals surface area contributed by atoms with Gasteiger partial charge in [0.15, 0.2) is 0 Å². The van der Waals surface area contributed by atoms with Gasteiger partial charge in [-0.2, -0.15) is 0 Å². The number of rotatable bonds is 4. The molecule has 1 unspecified atom stereocenters. The summed E-state index contributed by atoms with van der Waals surface area (Å²) < 4.78 is 5.51. The molecule has 0 bridgehead atoms. The summed E-state index contributed by atoms with van der Waals surface area (Å²) in [7, 11) is 0. The molecule has 0 fully saturated rings. The molecule has 0 saturated heterocycles. The van der Waals surface area contributed by atoms with Gasteiger partial charge in [-0.3, -0.25) is 4.79 Å². The summed E-state index contributed by atoms with van der Waals surface area (Å²) in [5.74, 6) is -0.313. The highest BCUT2D eigenvalue weighted by Gasteiger charge is 2.12. The molecule has 1 atom stereocenters. The lowest BCUT2D eigenvalue weighted by atomic mass is 10.2. The van der Waals surface area contributed by atoms with Crippen LogP contribution in [0.5, 0.6) is 0 Å². The third-order valence-corrected chi connectivity index (χ3v) is 1.99. The van der Waals surface area contributed by atoms with E-state index in [2.05, 4.69) is 29.2 Å². The minimum Gasteiger partial charge on any atom is -0.466 e. The van der Waals surface area contributed by atoms with Crippen LogP contribution < -0.4 is 0 Å². The van der Waals surface area contributed by atoms with Crippen molar-refractivity contribution in [1.29, 1.82) is 0 Å². The number of halogens is 1. The molecule has 0 aromatic carbocycles. The average molecular weight is 254 g/mol. The first-order valence-electron chi connectivity index (χ1n) is 3.11. The van der Waals surface area contributed by atoms with Crippen LogP contribution in [0, 0.1) is 5.92 Å². The number of ether oxygens (including phenoxy) is 1. The second-order valence-corrected chi connectivity index (χ2v) is 2.63. The second kappa shape index (κ2) is 5.70. The van der Waals surface area contributed by atoms with Crippen LogP contribution in [-0.4, -0.2) is 17.0 Å². The Kier molecular flexibility index (Phi) is 5.67. The highest BCUT2D eigenvalue weighted by molar-refractivity contribution is 14.1. The van der Waals surface area contributed by atoms with Crippen LogP contribution in [0.2, 0.25) is 0 Å². The lowest BCUT2D eigenvalue weighted by Gasteiger charge is -2.06. The third kappa shape index (κ3) is 3.20. The maximum atomic E-state index is 10.9. The van der Waals surface area contributed by atoms with Crippen LogP contribution in [0.3, 0.4) is 0 Å². The number of alkyl halides is 1. The molecule has 0 rings (SSSR count). The molecule has 10 heavy (non-hydrogen) atoms. The Balaban J connectivity index is 3.76. The van der Waals surface area contributed by atoms with Crippen molar-refractivity contribution < 1.29 is 9.53 Å². The van der Waals surface area contributed by atoms with Gasteiger partial charge in [-0.25, -0.2) is 0 Å². The van der Waals surface area contributed by atoms with Gasteiger partial charge in [-0.05, 0) is 6.92 Å². The van der Waals surface area contributed by atoms with Gasteiger partial charge < -0.3 is 4.74 Å². The van der Waals surface area contributed by atoms with E-state index >= 15 is 0 Å². The molecule has 3 heteroatoms.